The quantitative estimate of drug-likeness (QED) is 0.728. The van der Waals surface area contributed by atoms with E-state index < -0.39 is 0 Å². The van der Waals surface area contributed by atoms with Crippen molar-refractivity contribution in [3.8, 4) is 0 Å². The molecule has 0 radical (unpaired) electrons. The molecule has 8 atom stereocenters. The van der Waals surface area contributed by atoms with Gasteiger partial charge in [0.05, 0.1) is 6.10 Å². The Morgan fingerprint density at radius 3 is 2.50 bits per heavy atom. The SMILES string of the molecule is C[C@@H]1C[C@@]2(C)C(CCC3C2CC[C@@]2(C)C3CC[C@@H]2O)CC1=O. The number of hydrogen-bond donors (Lipinski definition) is 1. The highest BCUT2D eigenvalue weighted by molar-refractivity contribution is 5.82. The number of hydrogen-bond acceptors (Lipinski definition) is 2. The third-order valence-electron chi connectivity index (χ3n) is 8.76. The predicted molar refractivity (Wildman–Crippen MR) is 87.3 cm³/mol. The van der Waals surface area contributed by atoms with Crippen LogP contribution in [0.4, 0.5) is 0 Å². The standard InChI is InChI=1S/C20H32O2/c1-12-11-20(3)13(10-17(12)21)4-5-14-15-6-7-18(22)19(15,2)9-8-16(14)20/h12-16,18,22H,4-11H2,1-3H3/t12-,13?,14?,15?,16?,18+,19+,20+/m1/s1. The molecule has 0 saturated heterocycles. The lowest BCUT2D eigenvalue weighted by Gasteiger charge is -2.60. The van der Waals surface area contributed by atoms with Crippen LogP contribution in [0.25, 0.3) is 0 Å². The molecule has 0 amide bonds. The first kappa shape index (κ1) is 15.2. The molecule has 22 heavy (non-hydrogen) atoms. The molecule has 4 fully saturated rings. The van der Waals surface area contributed by atoms with E-state index in [1.54, 1.807) is 0 Å². The lowest BCUT2D eigenvalue weighted by molar-refractivity contribution is -0.148. The zero-order valence-corrected chi connectivity index (χ0v) is 14.5. The summed E-state index contributed by atoms with van der Waals surface area (Å²) in [6.45, 7) is 7.01. The Balaban J connectivity index is 1.65. The van der Waals surface area contributed by atoms with E-state index in [0.717, 1.165) is 37.0 Å². The predicted octanol–water partition coefficient (Wildman–Crippen LogP) is 4.21. The Morgan fingerprint density at radius 2 is 1.73 bits per heavy atom. The van der Waals surface area contributed by atoms with Crippen molar-refractivity contribution in [3.63, 3.8) is 0 Å². The first-order valence-electron chi connectivity index (χ1n) is 9.57. The maximum Gasteiger partial charge on any atom is 0.136 e. The smallest absolute Gasteiger partial charge is 0.136 e. The average Bonchev–Trinajstić information content (AvgIpc) is 2.77. The fraction of sp³-hybridized carbons (Fsp3) is 0.950. The minimum atomic E-state index is -0.0733. The van der Waals surface area contributed by atoms with Crippen molar-refractivity contribution in [2.45, 2.75) is 78.2 Å². The molecule has 0 spiro atoms. The van der Waals surface area contributed by atoms with Crippen LogP contribution in [0.1, 0.15) is 72.1 Å². The van der Waals surface area contributed by atoms with Gasteiger partial charge in [-0.15, -0.1) is 0 Å². The van der Waals surface area contributed by atoms with Gasteiger partial charge < -0.3 is 5.11 Å². The maximum atomic E-state index is 12.2. The van der Waals surface area contributed by atoms with Gasteiger partial charge in [0.15, 0.2) is 0 Å². The molecule has 4 rings (SSSR count). The molecule has 1 N–H and O–H groups in total. The van der Waals surface area contributed by atoms with Crippen molar-refractivity contribution in [1.82, 2.24) is 0 Å². The van der Waals surface area contributed by atoms with Gasteiger partial charge in [-0.3, -0.25) is 4.79 Å². The number of rotatable bonds is 0. The monoisotopic (exact) mass is 304 g/mol. The third kappa shape index (κ3) is 1.85. The fourth-order valence-corrected chi connectivity index (χ4v) is 7.38. The van der Waals surface area contributed by atoms with E-state index in [1.807, 2.05) is 0 Å². The molecule has 0 aliphatic heterocycles. The van der Waals surface area contributed by atoms with Gasteiger partial charge >= 0.3 is 0 Å². The van der Waals surface area contributed by atoms with Crippen molar-refractivity contribution in [2.75, 3.05) is 0 Å². The van der Waals surface area contributed by atoms with Crippen LogP contribution in [0.15, 0.2) is 0 Å². The van der Waals surface area contributed by atoms with Gasteiger partial charge in [0.1, 0.15) is 5.78 Å². The number of carbonyl (C=O) groups is 1. The molecule has 2 nitrogen and oxygen atoms in total. The normalized spacial score (nSPS) is 57.9. The van der Waals surface area contributed by atoms with Crippen molar-refractivity contribution in [2.24, 2.45) is 40.4 Å². The molecule has 4 aliphatic carbocycles. The van der Waals surface area contributed by atoms with Crippen LogP contribution >= 0.6 is 0 Å². The van der Waals surface area contributed by atoms with Crippen molar-refractivity contribution in [1.29, 1.82) is 0 Å². The Morgan fingerprint density at radius 1 is 1.00 bits per heavy atom. The number of aliphatic hydroxyl groups excluding tert-OH is 1. The number of carbonyl (C=O) groups excluding carboxylic acids is 1. The van der Waals surface area contributed by atoms with Gasteiger partial charge in [0, 0.05) is 12.3 Å². The van der Waals surface area contributed by atoms with E-state index in [9.17, 15) is 9.90 Å². The van der Waals surface area contributed by atoms with Crippen LogP contribution in [-0.2, 0) is 4.79 Å². The number of ketones is 1. The van der Waals surface area contributed by atoms with Crippen LogP contribution in [0.2, 0.25) is 0 Å². The molecule has 4 unspecified atom stereocenters. The van der Waals surface area contributed by atoms with E-state index in [1.165, 1.54) is 32.1 Å². The molecule has 0 heterocycles. The molecule has 4 saturated carbocycles. The first-order valence-corrected chi connectivity index (χ1v) is 9.57. The van der Waals surface area contributed by atoms with E-state index >= 15 is 0 Å². The zero-order chi connectivity index (χ0) is 15.7. The summed E-state index contributed by atoms with van der Waals surface area (Å²) in [4.78, 5) is 12.2. The van der Waals surface area contributed by atoms with Gasteiger partial charge in [-0.2, -0.15) is 0 Å². The highest BCUT2D eigenvalue weighted by atomic mass is 16.3. The highest BCUT2D eigenvalue weighted by Gasteiger charge is 2.60. The van der Waals surface area contributed by atoms with Gasteiger partial charge in [0.25, 0.3) is 0 Å². The Hall–Kier alpha value is -0.370. The number of aliphatic hydroxyl groups is 1. The molecule has 124 valence electrons. The summed E-state index contributed by atoms with van der Waals surface area (Å²) in [6.07, 6.45) is 9.16. The van der Waals surface area contributed by atoms with Crippen LogP contribution in [0.5, 0.6) is 0 Å². The summed E-state index contributed by atoms with van der Waals surface area (Å²) >= 11 is 0. The lowest BCUT2D eigenvalue weighted by Crippen LogP contribution is -2.55. The second kappa shape index (κ2) is 4.82. The van der Waals surface area contributed by atoms with E-state index in [-0.39, 0.29) is 17.4 Å². The van der Waals surface area contributed by atoms with E-state index in [4.69, 9.17) is 0 Å². The fourth-order valence-electron chi connectivity index (χ4n) is 7.38. The second-order valence-electron chi connectivity index (χ2n) is 9.57. The van der Waals surface area contributed by atoms with Crippen molar-refractivity contribution >= 4 is 5.78 Å². The minimum Gasteiger partial charge on any atom is -0.393 e. The summed E-state index contributed by atoms with van der Waals surface area (Å²) in [5.74, 6) is 3.74. The van der Waals surface area contributed by atoms with Crippen LogP contribution in [0, 0.1) is 40.4 Å². The largest absolute Gasteiger partial charge is 0.393 e. The van der Waals surface area contributed by atoms with Gasteiger partial charge in [-0.1, -0.05) is 20.8 Å². The highest BCUT2D eigenvalue weighted by Crippen LogP contribution is 2.66. The van der Waals surface area contributed by atoms with Crippen molar-refractivity contribution < 1.29 is 9.90 Å². The van der Waals surface area contributed by atoms with Crippen molar-refractivity contribution in [3.05, 3.63) is 0 Å². The number of fused-ring (bicyclic) bond motifs is 5. The van der Waals surface area contributed by atoms with Crippen LogP contribution in [-0.4, -0.2) is 17.0 Å². The minimum absolute atomic E-state index is 0.0733. The number of Topliss-reactive ketones (excluding diaryl/α,β-unsaturated/α-hetero) is 1. The van der Waals surface area contributed by atoms with E-state index in [0.29, 0.717) is 17.1 Å². The maximum absolute atomic E-state index is 12.2. The van der Waals surface area contributed by atoms with Crippen LogP contribution in [0.3, 0.4) is 0 Å². The Kier molecular flexibility index (Phi) is 3.32. The summed E-state index contributed by atoms with van der Waals surface area (Å²) in [5, 5.41) is 10.5. The molecule has 0 bridgehead atoms. The van der Waals surface area contributed by atoms with Crippen LogP contribution < -0.4 is 0 Å². The second-order valence-corrected chi connectivity index (χ2v) is 9.57. The molecule has 2 heteroatoms. The average molecular weight is 304 g/mol. The zero-order valence-electron chi connectivity index (χ0n) is 14.5. The molecule has 0 aromatic rings. The molecular weight excluding hydrogens is 272 g/mol. The molecule has 4 aliphatic rings. The summed E-state index contributed by atoms with van der Waals surface area (Å²) < 4.78 is 0. The third-order valence-corrected chi connectivity index (χ3v) is 8.76. The van der Waals surface area contributed by atoms with Gasteiger partial charge in [-0.25, -0.2) is 0 Å². The summed E-state index contributed by atoms with van der Waals surface area (Å²) in [7, 11) is 0. The Labute approximate surface area is 135 Å². The van der Waals surface area contributed by atoms with Gasteiger partial charge in [0.2, 0.25) is 0 Å². The summed E-state index contributed by atoms with van der Waals surface area (Å²) in [5.41, 5.74) is 0.561. The topological polar surface area (TPSA) is 37.3 Å². The summed E-state index contributed by atoms with van der Waals surface area (Å²) in [6, 6.07) is 0. The molecular formula is C20H32O2. The lowest BCUT2D eigenvalue weighted by atomic mass is 9.44. The Bertz CT molecular complexity index is 486. The molecule has 0 aromatic carbocycles. The molecule has 0 aromatic heterocycles. The van der Waals surface area contributed by atoms with E-state index in [2.05, 4.69) is 20.8 Å². The van der Waals surface area contributed by atoms with Gasteiger partial charge in [-0.05, 0) is 79.4 Å². The first-order chi connectivity index (χ1) is 10.4.